The monoisotopic (exact) mass is 197 g/mol. The van der Waals surface area contributed by atoms with Crippen molar-refractivity contribution in [3.8, 4) is 6.07 Å². The van der Waals surface area contributed by atoms with Crippen molar-refractivity contribution in [2.75, 3.05) is 13.1 Å². The van der Waals surface area contributed by atoms with Crippen LogP contribution >= 0.6 is 0 Å². The van der Waals surface area contributed by atoms with Gasteiger partial charge >= 0.3 is 0 Å². The average molecular weight is 197 g/mol. The lowest BCUT2D eigenvalue weighted by atomic mass is 10.2. The van der Waals surface area contributed by atoms with Crippen LogP contribution in [0.4, 0.5) is 0 Å². The minimum absolute atomic E-state index is 0.000231. The molecule has 2 N–H and O–H groups in total. The Morgan fingerprint density at radius 3 is 2.57 bits per heavy atom. The van der Waals surface area contributed by atoms with Gasteiger partial charge in [-0.15, -0.1) is 0 Å². The van der Waals surface area contributed by atoms with Crippen molar-refractivity contribution >= 4 is 5.91 Å². The van der Waals surface area contributed by atoms with Gasteiger partial charge in [0, 0.05) is 25.6 Å². The van der Waals surface area contributed by atoms with Crippen molar-refractivity contribution in [2.45, 2.75) is 33.2 Å². The maximum absolute atomic E-state index is 11.2. The SMILES string of the molecule is CC(C#N)CNC(=O)CCNC(C)C. The summed E-state index contributed by atoms with van der Waals surface area (Å²) in [5.74, 6) is -0.114. The fourth-order valence-corrected chi connectivity index (χ4v) is 0.875. The minimum Gasteiger partial charge on any atom is -0.355 e. The molecule has 0 aliphatic heterocycles. The van der Waals surface area contributed by atoms with E-state index in [4.69, 9.17) is 5.26 Å². The maximum Gasteiger partial charge on any atom is 0.221 e. The molecule has 14 heavy (non-hydrogen) atoms. The zero-order valence-electron chi connectivity index (χ0n) is 9.13. The third-order valence-electron chi connectivity index (χ3n) is 1.73. The second-order valence-electron chi connectivity index (χ2n) is 3.69. The summed E-state index contributed by atoms with van der Waals surface area (Å²) in [5, 5.41) is 14.3. The van der Waals surface area contributed by atoms with Gasteiger partial charge in [-0.1, -0.05) is 13.8 Å². The highest BCUT2D eigenvalue weighted by Crippen LogP contribution is 1.88. The molecular weight excluding hydrogens is 178 g/mol. The van der Waals surface area contributed by atoms with Crippen LogP contribution in [-0.4, -0.2) is 25.0 Å². The van der Waals surface area contributed by atoms with E-state index < -0.39 is 0 Å². The lowest BCUT2D eigenvalue weighted by Gasteiger charge is -2.08. The van der Waals surface area contributed by atoms with Crippen molar-refractivity contribution in [3.05, 3.63) is 0 Å². The smallest absolute Gasteiger partial charge is 0.221 e. The average Bonchev–Trinajstić information content (AvgIpc) is 2.13. The molecule has 0 bridgehead atoms. The number of hydrogen-bond donors (Lipinski definition) is 2. The Labute approximate surface area is 85.7 Å². The molecule has 1 unspecified atom stereocenters. The maximum atomic E-state index is 11.2. The first-order valence-corrected chi connectivity index (χ1v) is 4.96. The van der Waals surface area contributed by atoms with E-state index in [2.05, 4.69) is 16.7 Å². The van der Waals surface area contributed by atoms with Gasteiger partial charge in [0.15, 0.2) is 0 Å². The van der Waals surface area contributed by atoms with Gasteiger partial charge in [-0.2, -0.15) is 5.26 Å². The topological polar surface area (TPSA) is 64.9 Å². The number of hydrogen-bond acceptors (Lipinski definition) is 3. The summed E-state index contributed by atoms with van der Waals surface area (Å²) in [6.07, 6.45) is 0.469. The largest absolute Gasteiger partial charge is 0.355 e. The molecular formula is C10H19N3O. The summed E-state index contributed by atoms with van der Waals surface area (Å²) in [4.78, 5) is 11.2. The summed E-state index contributed by atoms with van der Waals surface area (Å²) in [6.45, 7) is 6.99. The van der Waals surface area contributed by atoms with E-state index in [0.717, 1.165) is 0 Å². The Morgan fingerprint density at radius 1 is 1.43 bits per heavy atom. The van der Waals surface area contributed by atoms with Crippen molar-refractivity contribution in [2.24, 2.45) is 5.92 Å². The van der Waals surface area contributed by atoms with Gasteiger partial charge in [0.1, 0.15) is 0 Å². The molecule has 80 valence electrons. The van der Waals surface area contributed by atoms with Crippen molar-refractivity contribution in [3.63, 3.8) is 0 Å². The Bertz CT molecular complexity index is 208. The first-order valence-electron chi connectivity index (χ1n) is 4.96. The Balaban J connectivity index is 3.43. The van der Waals surface area contributed by atoms with E-state index in [1.165, 1.54) is 0 Å². The number of rotatable bonds is 6. The van der Waals surface area contributed by atoms with E-state index in [1.54, 1.807) is 6.92 Å². The van der Waals surface area contributed by atoms with Crippen LogP contribution in [0.1, 0.15) is 27.2 Å². The second-order valence-corrected chi connectivity index (χ2v) is 3.69. The molecule has 0 saturated heterocycles. The number of nitrogens with zero attached hydrogens (tertiary/aromatic N) is 1. The molecule has 4 heteroatoms. The zero-order chi connectivity index (χ0) is 11.0. The van der Waals surface area contributed by atoms with E-state index in [-0.39, 0.29) is 11.8 Å². The van der Waals surface area contributed by atoms with Gasteiger partial charge in [-0.05, 0) is 6.92 Å². The van der Waals surface area contributed by atoms with E-state index in [0.29, 0.717) is 25.6 Å². The highest BCUT2D eigenvalue weighted by Gasteiger charge is 2.04. The second kappa shape index (κ2) is 7.34. The molecule has 0 heterocycles. The van der Waals surface area contributed by atoms with Crippen LogP contribution < -0.4 is 10.6 Å². The zero-order valence-corrected chi connectivity index (χ0v) is 9.13. The third-order valence-corrected chi connectivity index (χ3v) is 1.73. The molecule has 0 aromatic rings. The normalized spacial score (nSPS) is 12.2. The summed E-state index contributed by atoms with van der Waals surface area (Å²) < 4.78 is 0. The molecule has 1 atom stereocenters. The van der Waals surface area contributed by atoms with Crippen molar-refractivity contribution in [1.29, 1.82) is 5.26 Å². The number of carbonyl (C=O) groups excluding carboxylic acids is 1. The molecule has 0 aromatic heterocycles. The fourth-order valence-electron chi connectivity index (χ4n) is 0.875. The fraction of sp³-hybridized carbons (Fsp3) is 0.800. The lowest BCUT2D eigenvalue weighted by Crippen LogP contribution is -2.32. The minimum atomic E-state index is -0.114. The summed E-state index contributed by atoms with van der Waals surface area (Å²) >= 11 is 0. The molecule has 0 rings (SSSR count). The molecule has 0 aromatic carbocycles. The number of nitriles is 1. The van der Waals surface area contributed by atoms with Crippen molar-refractivity contribution in [1.82, 2.24) is 10.6 Å². The van der Waals surface area contributed by atoms with Crippen LogP contribution in [0.15, 0.2) is 0 Å². The van der Waals surface area contributed by atoms with Crippen LogP contribution in [0.25, 0.3) is 0 Å². The first kappa shape index (κ1) is 12.9. The molecule has 0 aliphatic carbocycles. The van der Waals surface area contributed by atoms with Gasteiger partial charge in [0.05, 0.1) is 12.0 Å². The lowest BCUT2D eigenvalue weighted by molar-refractivity contribution is -0.121. The van der Waals surface area contributed by atoms with Crippen LogP contribution in [0, 0.1) is 17.2 Å². The van der Waals surface area contributed by atoms with Gasteiger partial charge < -0.3 is 10.6 Å². The van der Waals surface area contributed by atoms with Crippen LogP contribution in [0.5, 0.6) is 0 Å². The molecule has 0 fully saturated rings. The molecule has 0 spiro atoms. The van der Waals surface area contributed by atoms with Gasteiger partial charge in [-0.25, -0.2) is 0 Å². The Kier molecular flexibility index (Phi) is 6.77. The van der Waals surface area contributed by atoms with Crippen LogP contribution in [0.3, 0.4) is 0 Å². The van der Waals surface area contributed by atoms with Crippen molar-refractivity contribution < 1.29 is 4.79 Å². The molecule has 4 nitrogen and oxygen atoms in total. The first-order chi connectivity index (χ1) is 6.56. The highest BCUT2D eigenvalue weighted by atomic mass is 16.1. The van der Waals surface area contributed by atoms with E-state index in [9.17, 15) is 4.79 Å². The molecule has 0 saturated carbocycles. The highest BCUT2D eigenvalue weighted by molar-refractivity contribution is 5.76. The van der Waals surface area contributed by atoms with E-state index >= 15 is 0 Å². The molecule has 0 radical (unpaired) electrons. The summed E-state index contributed by atoms with van der Waals surface area (Å²) in [6, 6.07) is 2.47. The number of amides is 1. The predicted molar refractivity (Wildman–Crippen MR) is 55.5 cm³/mol. The molecule has 0 aliphatic rings. The summed E-state index contributed by atoms with van der Waals surface area (Å²) in [7, 11) is 0. The van der Waals surface area contributed by atoms with Gasteiger partial charge in [0.2, 0.25) is 5.91 Å². The standard InChI is InChI=1S/C10H19N3O/c1-8(2)12-5-4-10(14)13-7-9(3)6-11/h8-9,12H,4-5,7H2,1-3H3,(H,13,14). The quantitative estimate of drug-likeness (QED) is 0.657. The van der Waals surface area contributed by atoms with E-state index in [1.807, 2.05) is 13.8 Å². The Hall–Kier alpha value is -1.08. The summed E-state index contributed by atoms with van der Waals surface area (Å²) in [5.41, 5.74) is 0. The van der Waals surface area contributed by atoms with Gasteiger partial charge in [0.25, 0.3) is 0 Å². The number of nitrogens with one attached hydrogen (secondary N) is 2. The van der Waals surface area contributed by atoms with Crippen LogP contribution in [-0.2, 0) is 4.79 Å². The predicted octanol–water partition coefficient (Wildman–Crippen LogP) is 0.650. The van der Waals surface area contributed by atoms with Gasteiger partial charge in [-0.3, -0.25) is 4.79 Å². The third kappa shape index (κ3) is 7.56. The number of carbonyl (C=O) groups is 1. The Morgan fingerprint density at radius 2 is 2.07 bits per heavy atom. The molecule has 1 amide bonds. The van der Waals surface area contributed by atoms with Crippen LogP contribution in [0.2, 0.25) is 0 Å².